The van der Waals surface area contributed by atoms with Gasteiger partial charge in [-0.3, -0.25) is 0 Å². The highest BCUT2D eigenvalue weighted by Gasteiger charge is 2.49. The van der Waals surface area contributed by atoms with Crippen molar-refractivity contribution >= 4 is 0 Å². The van der Waals surface area contributed by atoms with E-state index in [2.05, 4.69) is 10.0 Å². The molecular weight excluding hydrogens is 214 g/mol. The molecule has 0 aromatic carbocycles. The molecule has 0 unspecified atom stereocenters. The van der Waals surface area contributed by atoms with E-state index in [0.29, 0.717) is 6.42 Å². The normalized spacial score (nSPS) is 37.8. The first kappa shape index (κ1) is 11.6. The summed E-state index contributed by atoms with van der Waals surface area (Å²) in [4.78, 5) is 2.59. The summed E-state index contributed by atoms with van der Waals surface area (Å²) in [6.45, 7) is 3.64. The lowest BCUT2D eigenvalue weighted by molar-refractivity contribution is -0.213. The maximum atomic E-state index is 9.66. The van der Waals surface area contributed by atoms with E-state index in [9.17, 15) is 5.11 Å². The van der Waals surface area contributed by atoms with E-state index in [1.165, 1.54) is 0 Å². The third-order valence-corrected chi connectivity index (χ3v) is 2.67. The van der Waals surface area contributed by atoms with E-state index in [0.717, 1.165) is 0 Å². The summed E-state index contributed by atoms with van der Waals surface area (Å²) in [5.41, 5.74) is 8.14. The maximum Gasteiger partial charge on any atom is 0.187 e. The summed E-state index contributed by atoms with van der Waals surface area (Å²) in [6.07, 6.45) is -1.23. The fourth-order valence-electron chi connectivity index (χ4n) is 2.02. The lowest BCUT2D eigenvalue weighted by atomic mass is 10.1. The lowest BCUT2D eigenvalue weighted by Crippen LogP contribution is -2.32. The predicted octanol–water partition coefficient (Wildman–Crippen LogP) is 0.924. The second-order valence-electron chi connectivity index (χ2n) is 4.43. The van der Waals surface area contributed by atoms with E-state index >= 15 is 0 Å². The van der Waals surface area contributed by atoms with Crippen molar-refractivity contribution in [1.29, 1.82) is 0 Å². The van der Waals surface area contributed by atoms with E-state index in [1.54, 1.807) is 0 Å². The second kappa shape index (κ2) is 4.20. The van der Waals surface area contributed by atoms with Crippen LogP contribution in [0.2, 0.25) is 0 Å². The van der Waals surface area contributed by atoms with Gasteiger partial charge in [-0.1, -0.05) is 5.11 Å². The number of nitrogens with zero attached hydrogens (tertiary/aromatic N) is 3. The Morgan fingerprint density at radius 3 is 2.94 bits per heavy atom. The van der Waals surface area contributed by atoms with Gasteiger partial charge in [0.05, 0.1) is 18.8 Å². The van der Waals surface area contributed by atoms with Crippen molar-refractivity contribution in [3.63, 3.8) is 0 Å². The monoisotopic (exact) mass is 229 g/mol. The molecule has 1 N–H and O–H groups in total. The van der Waals surface area contributed by atoms with Gasteiger partial charge < -0.3 is 19.3 Å². The van der Waals surface area contributed by atoms with Crippen LogP contribution >= 0.6 is 0 Å². The molecule has 16 heavy (non-hydrogen) atoms. The van der Waals surface area contributed by atoms with Crippen molar-refractivity contribution in [2.75, 3.05) is 6.54 Å². The number of hydrogen-bond donors (Lipinski definition) is 1. The Kier molecular flexibility index (Phi) is 3.05. The van der Waals surface area contributed by atoms with Gasteiger partial charge in [0.15, 0.2) is 12.1 Å². The Morgan fingerprint density at radius 2 is 2.31 bits per heavy atom. The van der Waals surface area contributed by atoms with Crippen molar-refractivity contribution in [3.8, 4) is 0 Å². The van der Waals surface area contributed by atoms with Gasteiger partial charge in [-0.25, -0.2) is 0 Å². The standard InChI is InChI=1S/C9H15N3O4/c1-9(2)15-7-3-6(14-8(7)16-9)5(13)4-11-12-10/h5-8,13H,3-4H2,1-2H3/t5-,6-,7-,8-/m1/s1. The van der Waals surface area contributed by atoms with Gasteiger partial charge in [-0.15, -0.1) is 0 Å². The van der Waals surface area contributed by atoms with Crippen LogP contribution in [0, 0.1) is 0 Å². The summed E-state index contributed by atoms with van der Waals surface area (Å²) < 4.78 is 16.6. The van der Waals surface area contributed by atoms with Crippen molar-refractivity contribution in [2.45, 2.75) is 50.7 Å². The zero-order valence-corrected chi connectivity index (χ0v) is 9.24. The Morgan fingerprint density at radius 1 is 1.56 bits per heavy atom. The van der Waals surface area contributed by atoms with Gasteiger partial charge in [0.2, 0.25) is 0 Å². The molecule has 0 aromatic heterocycles. The average molecular weight is 229 g/mol. The first-order valence-electron chi connectivity index (χ1n) is 5.22. The molecule has 0 aliphatic carbocycles. The van der Waals surface area contributed by atoms with Gasteiger partial charge in [-0.2, -0.15) is 0 Å². The van der Waals surface area contributed by atoms with Gasteiger partial charge in [0, 0.05) is 11.3 Å². The summed E-state index contributed by atoms with van der Waals surface area (Å²) in [5, 5.41) is 13.0. The Bertz CT molecular complexity index is 300. The SMILES string of the molecule is CC1(C)O[C@H]2O[C@@H]([C@H](O)CN=[N+]=[N-])C[C@H]2O1. The minimum atomic E-state index is -0.809. The molecule has 4 atom stereocenters. The molecule has 7 heteroatoms. The summed E-state index contributed by atoms with van der Waals surface area (Å²) >= 11 is 0. The maximum absolute atomic E-state index is 9.66. The zero-order valence-electron chi connectivity index (χ0n) is 9.24. The van der Waals surface area contributed by atoms with Crippen LogP contribution in [-0.4, -0.2) is 42.0 Å². The van der Waals surface area contributed by atoms with Crippen LogP contribution in [0.1, 0.15) is 20.3 Å². The number of hydrogen-bond acceptors (Lipinski definition) is 5. The molecule has 2 heterocycles. The number of ether oxygens (including phenoxy) is 3. The molecule has 2 aliphatic rings. The molecule has 0 radical (unpaired) electrons. The molecule has 0 bridgehead atoms. The van der Waals surface area contributed by atoms with Crippen molar-refractivity contribution in [3.05, 3.63) is 10.4 Å². The molecule has 2 saturated heterocycles. The average Bonchev–Trinajstić information content (AvgIpc) is 2.67. The molecule has 0 spiro atoms. The summed E-state index contributed by atoms with van der Waals surface area (Å²) in [5.74, 6) is -0.629. The van der Waals surface area contributed by atoms with Crippen LogP contribution in [0.25, 0.3) is 10.4 Å². The van der Waals surface area contributed by atoms with Crippen LogP contribution in [-0.2, 0) is 14.2 Å². The Labute approximate surface area is 92.9 Å². The highest BCUT2D eigenvalue weighted by Crippen LogP contribution is 2.37. The van der Waals surface area contributed by atoms with Gasteiger partial charge in [0.25, 0.3) is 0 Å². The molecular formula is C9H15N3O4. The third-order valence-electron chi connectivity index (χ3n) is 2.67. The molecule has 2 fully saturated rings. The van der Waals surface area contributed by atoms with Crippen LogP contribution in [0.15, 0.2) is 5.11 Å². The van der Waals surface area contributed by atoms with E-state index in [-0.39, 0.29) is 12.6 Å². The van der Waals surface area contributed by atoms with Crippen LogP contribution in [0.5, 0.6) is 0 Å². The number of aliphatic hydroxyl groups is 1. The minimum Gasteiger partial charge on any atom is -0.390 e. The molecule has 0 amide bonds. The number of aliphatic hydroxyl groups excluding tert-OH is 1. The highest BCUT2D eigenvalue weighted by atomic mass is 16.8. The second-order valence-corrected chi connectivity index (χ2v) is 4.43. The smallest absolute Gasteiger partial charge is 0.187 e. The Balaban J connectivity index is 1.89. The molecule has 0 aromatic rings. The van der Waals surface area contributed by atoms with E-state index in [1.807, 2.05) is 13.8 Å². The summed E-state index contributed by atoms with van der Waals surface area (Å²) in [7, 11) is 0. The minimum absolute atomic E-state index is 0.00397. The van der Waals surface area contributed by atoms with Gasteiger partial charge >= 0.3 is 0 Å². The highest BCUT2D eigenvalue weighted by molar-refractivity contribution is 4.88. The van der Waals surface area contributed by atoms with E-state index < -0.39 is 24.3 Å². The quantitative estimate of drug-likeness (QED) is 0.442. The zero-order chi connectivity index (χ0) is 11.8. The fraction of sp³-hybridized carbons (Fsp3) is 1.00. The van der Waals surface area contributed by atoms with E-state index in [4.69, 9.17) is 19.7 Å². The molecule has 7 nitrogen and oxygen atoms in total. The number of azide groups is 1. The largest absolute Gasteiger partial charge is 0.390 e. The number of fused-ring (bicyclic) bond motifs is 1. The molecule has 2 rings (SSSR count). The first-order chi connectivity index (χ1) is 7.52. The fourth-order valence-corrected chi connectivity index (χ4v) is 2.02. The van der Waals surface area contributed by atoms with Crippen molar-refractivity contribution in [1.82, 2.24) is 0 Å². The van der Waals surface area contributed by atoms with Gasteiger partial charge in [-0.05, 0) is 19.4 Å². The van der Waals surface area contributed by atoms with Crippen molar-refractivity contribution < 1.29 is 19.3 Å². The lowest BCUT2D eigenvalue weighted by Gasteiger charge is -2.22. The topological polar surface area (TPSA) is 96.7 Å². The molecule has 2 aliphatic heterocycles. The third kappa shape index (κ3) is 2.28. The van der Waals surface area contributed by atoms with Crippen LogP contribution < -0.4 is 0 Å². The van der Waals surface area contributed by atoms with Gasteiger partial charge in [0.1, 0.15) is 6.10 Å². The predicted molar refractivity (Wildman–Crippen MR) is 53.3 cm³/mol. The summed E-state index contributed by atoms with van der Waals surface area (Å²) in [6, 6.07) is 0. The van der Waals surface area contributed by atoms with Crippen LogP contribution in [0.3, 0.4) is 0 Å². The molecule has 0 saturated carbocycles. The van der Waals surface area contributed by atoms with Crippen molar-refractivity contribution in [2.24, 2.45) is 5.11 Å². The first-order valence-corrected chi connectivity index (χ1v) is 5.22. The number of rotatable bonds is 3. The molecule has 90 valence electrons. The Hall–Kier alpha value is -0.850. The van der Waals surface area contributed by atoms with Crippen LogP contribution in [0.4, 0.5) is 0 Å².